The van der Waals surface area contributed by atoms with Gasteiger partial charge >= 0.3 is 5.69 Å². The highest BCUT2D eigenvalue weighted by Gasteiger charge is 2.02. The molecule has 0 saturated heterocycles. The summed E-state index contributed by atoms with van der Waals surface area (Å²) in [5.74, 6) is 0. The average Bonchev–Trinajstić information content (AvgIpc) is 2.71. The lowest BCUT2D eigenvalue weighted by Gasteiger charge is -1.98. The molecule has 0 radical (unpaired) electrons. The molecule has 0 N–H and O–H groups in total. The number of rotatable bonds is 1. The predicted molar refractivity (Wildman–Crippen MR) is 50.5 cm³/mol. The molecule has 13 heavy (non-hydrogen) atoms. The van der Waals surface area contributed by atoms with Gasteiger partial charge in [-0.2, -0.15) is 0 Å². The van der Waals surface area contributed by atoms with Crippen molar-refractivity contribution in [2.75, 3.05) is 0 Å². The molecule has 3 nitrogen and oxygen atoms in total. The Labute approximate surface area is 75.9 Å². The third-order valence-electron chi connectivity index (χ3n) is 1.87. The largest absolute Gasteiger partial charge is 0.385 e. The second-order valence-electron chi connectivity index (χ2n) is 2.71. The molecule has 0 amide bonds. The second kappa shape index (κ2) is 3.11. The molecule has 1 aromatic heterocycles. The number of benzene rings is 1. The van der Waals surface area contributed by atoms with Gasteiger partial charge in [0, 0.05) is 30.2 Å². The molecule has 0 aliphatic carbocycles. The topological polar surface area (TPSA) is 33.1 Å². The Morgan fingerprint density at radius 2 is 1.62 bits per heavy atom. The molecule has 62 valence electrons. The molecule has 0 spiro atoms. The fourth-order valence-electron chi connectivity index (χ4n) is 1.20. The molecule has 2 aromatic rings. The van der Waals surface area contributed by atoms with E-state index in [1.54, 1.807) is 12.1 Å². The SMILES string of the molecule is N#[N+]c1ccc(-n2cccc2)cc1. The van der Waals surface area contributed by atoms with Crippen molar-refractivity contribution >= 4 is 5.69 Å². The lowest BCUT2D eigenvalue weighted by molar-refractivity contribution is 1.08. The Kier molecular flexibility index (Phi) is 1.81. The zero-order chi connectivity index (χ0) is 9.10. The summed E-state index contributed by atoms with van der Waals surface area (Å²) >= 11 is 0. The number of diazo groups is 1. The molecule has 0 atom stereocenters. The summed E-state index contributed by atoms with van der Waals surface area (Å²) < 4.78 is 1.99. The van der Waals surface area contributed by atoms with Crippen LogP contribution in [0.2, 0.25) is 0 Å². The average molecular weight is 170 g/mol. The first-order chi connectivity index (χ1) is 6.40. The van der Waals surface area contributed by atoms with Crippen LogP contribution in [-0.4, -0.2) is 4.57 Å². The van der Waals surface area contributed by atoms with Crippen LogP contribution in [-0.2, 0) is 0 Å². The molecule has 0 bridgehead atoms. The normalized spacial score (nSPS) is 9.46. The van der Waals surface area contributed by atoms with Gasteiger partial charge in [0.15, 0.2) is 4.98 Å². The first kappa shape index (κ1) is 7.56. The zero-order valence-corrected chi connectivity index (χ0v) is 6.96. The molecule has 1 heterocycles. The van der Waals surface area contributed by atoms with E-state index in [0.717, 1.165) is 5.69 Å². The van der Waals surface area contributed by atoms with Gasteiger partial charge in [-0.3, -0.25) is 0 Å². The van der Waals surface area contributed by atoms with Gasteiger partial charge in [0.25, 0.3) is 0 Å². The molecule has 0 unspecified atom stereocenters. The Morgan fingerprint density at radius 3 is 2.15 bits per heavy atom. The predicted octanol–water partition coefficient (Wildman–Crippen LogP) is 2.96. The van der Waals surface area contributed by atoms with Crippen molar-refractivity contribution in [1.29, 1.82) is 5.39 Å². The van der Waals surface area contributed by atoms with E-state index in [1.165, 1.54) is 0 Å². The summed E-state index contributed by atoms with van der Waals surface area (Å²) in [4.78, 5) is 3.08. The van der Waals surface area contributed by atoms with Crippen LogP contribution in [0.15, 0.2) is 48.8 Å². The summed E-state index contributed by atoms with van der Waals surface area (Å²) in [5.41, 5.74) is 1.62. The Bertz CT molecular complexity index is 420. The zero-order valence-electron chi connectivity index (χ0n) is 6.96. The maximum Gasteiger partial charge on any atom is 0.385 e. The van der Waals surface area contributed by atoms with Crippen LogP contribution in [0.4, 0.5) is 5.69 Å². The molecular formula is C10H8N3+. The quantitative estimate of drug-likeness (QED) is 0.605. The Hall–Kier alpha value is -2.08. The smallest absolute Gasteiger partial charge is 0.324 e. The fraction of sp³-hybridized carbons (Fsp3) is 0. The molecule has 3 heteroatoms. The van der Waals surface area contributed by atoms with E-state index >= 15 is 0 Å². The standard InChI is InChI=1S/C10H8N3/c11-12-9-3-5-10(6-4-9)13-7-1-2-8-13/h1-8H/q+1. The highest BCUT2D eigenvalue weighted by Crippen LogP contribution is 2.15. The van der Waals surface area contributed by atoms with Gasteiger partial charge in [-0.15, -0.1) is 0 Å². The number of nitrogens with zero attached hydrogens (tertiary/aromatic N) is 3. The number of hydrogen-bond donors (Lipinski definition) is 0. The first-order valence-electron chi connectivity index (χ1n) is 3.98. The third-order valence-corrected chi connectivity index (χ3v) is 1.87. The molecule has 0 aliphatic rings. The Morgan fingerprint density at radius 1 is 1.00 bits per heavy atom. The van der Waals surface area contributed by atoms with Crippen LogP contribution < -0.4 is 0 Å². The van der Waals surface area contributed by atoms with Crippen molar-refractivity contribution < 1.29 is 0 Å². The van der Waals surface area contributed by atoms with E-state index in [9.17, 15) is 0 Å². The summed E-state index contributed by atoms with van der Waals surface area (Å²) in [6, 6.07) is 11.2. The molecule has 0 aliphatic heterocycles. The van der Waals surface area contributed by atoms with Crippen LogP contribution in [0.5, 0.6) is 0 Å². The van der Waals surface area contributed by atoms with Crippen LogP contribution in [0.1, 0.15) is 0 Å². The lowest BCUT2D eigenvalue weighted by Crippen LogP contribution is -1.87. The van der Waals surface area contributed by atoms with Crippen molar-refractivity contribution in [3.05, 3.63) is 53.8 Å². The van der Waals surface area contributed by atoms with Gasteiger partial charge in [0.2, 0.25) is 5.39 Å². The van der Waals surface area contributed by atoms with E-state index in [-0.39, 0.29) is 0 Å². The summed E-state index contributed by atoms with van der Waals surface area (Å²) in [5, 5.41) is 8.48. The molecule has 1 aromatic carbocycles. The van der Waals surface area contributed by atoms with E-state index < -0.39 is 0 Å². The van der Waals surface area contributed by atoms with Gasteiger partial charge in [-0.05, 0) is 24.3 Å². The van der Waals surface area contributed by atoms with Crippen LogP contribution in [0.25, 0.3) is 10.7 Å². The van der Waals surface area contributed by atoms with Crippen molar-refractivity contribution in [2.24, 2.45) is 0 Å². The van der Waals surface area contributed by atoms with Crippen molar-refractivity contribution in [2.45, 2.75) is 0 Å². The van der Waals surface area contributed by atoms with Crippen LogP contribution >= 0.6 is 0 Å². The first-order valence-corrected chi connectivity index (χ1v) is 3.98. The molecule has 0 fully saturated rings. The third kappa shape index (κ3) is 1.42. The highest BCUT2D eigenvalue weighted by molar-refractivity contribution is 5.48. The minimum atomic E-state index is 0.566. The van der Waals surface area contributed by atoms with Gasteiger partial charge < -0.3 is 4.57 Å². The summed E-state index contributed by atoms with van der Waals surface area (Å²) in [7, 11) is 0. The maximum absolute atomic E-state index is 8.48. The number of aromatic nitrogens is 1. The van der Waals surface area contributed by atoms with Gasteiger partial charge in [-0.25, -0.2) is 0 Å². The van der Waals surface area contributed by atoms with Gasteiger partial charge in [0.1, 0.15) is 0 Å². The Balaban J connectivity index is 2.40. The van der Waals surface area contributed by atoms with Crippen molar-refractivity contribution in [3.63, 3.8) is 0 Å². The molecule has 0 saturated carbocycles. The molecular weight excluding hydrogens is 162 g/mol. The van der Waals surface area contributed by atoms with Crippen molar-refractivity contribution in [3.8, 4) is 5.69 Å². The van der Waals surface area contributed by atoms with E-state index in [1.807, 2.05) is 41.2 Å². The second-order valence-corrected chi connectivity index (χ2v) is 2.71. The maximum atomic E-state index is 8.48. The highest BCUT2D eigenvalue weighted by atomic mass is 14.9. The lowest BCUT2D eigenvalue weighted by atomic mass is 10.3. The van der Waals surface area contributed by atoms with Gasteiger partial charge in [-0.1, -0.05) is 0 Å². The molecule has 2 rings (SSSR count). The van der Waals surface area contributed by atoms with Crippen LogP contribution in [0, 0.1) is 5.39 Å². The summed E-state index contributed by atoms with van der Waals surface area (Å²) in [6.07, 6.45) is 3.93. The number of hydrogen-bond acceptors (Lipinski definition) is 1. The minimum Gasteiger partial charge on any atom is -0.324 e. The van der Waals surface area contributed by atoms with E-state index in [4.69, 9.17) is 5.39 Å². The fourth-order valence-corrected chi connectivity index (χ4v) is 1.20. The minimum absolute atomic E-state index is 0.566. The van der Waals surface area contributed by atoms with Crippen molar-refractivity contribution in [1.82, 2.24) is 4.57 Å². The monoisotopic (exact) mass is 170 g/mol. The summed E-state index contributed by atoms with van der Waals surface area (Å²) in [6.45, 7) is 0. The van der Waals surface area contributed by atoms with E-state index in [0.29, 0.717) is 5.69 Å². The van der Waals surface area contributed by atoms with Crippen LogP contribution in [0.3, 0.4) is 0 Å². The van der Waals surface area contributed by atoms with E-state index in [2.05, 4.69) is 4.98 Å². The van der Waals surface area contributed by atoms with Gasteiger partial charge in [0.05, 0.1) is 0 Å².